The lowest BCUT2D eigenvalue weighted by molar-refractivity contribution is 0.0554. The van der Waals surface area contributed by atoms with Crippen molar-refractivity contribution >= 4 is 26.7 Å². The lowest BCUT2D eigenvalue weighted by Crippen LogP contribution is -2.21. The van der Waals surface area contributed by atoms with E-state index in [9.17, 15) is 5.11 Å². The highest BCUT2D eigenvalue weighted by Gasteiger charge is 2.12. The molecule has 2 aromatic rings. The van der Waals surface area contributed by atoms with Crippen LogP contribution in [-0.2, 0) is 0 Å². The zero-order valence-corrected chi connectivity index (χ0v) is 12.2. The third kappa shape index (κ3) is 3.72. The van der Waals surface area contributed by atoms with E-state index in [-0.39, 0.29) is 0 Å². The molecule has 0 radical (unpaired) electrons. The van der Waals surface area contributed by atoms with Crippen molar-refractivity contribution < 1.29 is 9.84 Å². The van der Waals surface area contributed by atoms with Gasteiger partial charge in [0.15, 0.2) is 0 Å². The third-order valence-corrected chi connectivity index (χ3v) is 3.25. The van der Waals surface area contributed by atoms with Crippen molar-refractivity contribution in [2.45, 2.75) is 25.9 Å². The van der Waals surface area contributed by atoms with Crippen LogP contribution in [0.4, 0.5) is 0 Å². The van der Waals surface area contributed by atoms with Crippen LogP contribution in [0.1, 0.15) is 20.3 Å². The van der Waals surface area contributed by atoms with Crippen LogP contribution < -0.4 is 4.74 Å². The summed E-state index contributed by atoms with van der Waals surface area (Å²) in [5.41, 5.74) is -0.679. The summed E-state index contributed by atoms with van der Waals surface area (Å²) in [6, 6.07) is 12.2. The summed E-state index contributed by atoms with van der Waals surface area (Å²) < 4.78 is 6.72. The Morgan fingerprint density at radius 3 is 2.50 bits per heavy atom. The van der Waals surface area contributed by atoms with Gasteiger partial charge in [-0.05, 0) is 48.9 Å². The minimum atomic E-state index is -0.679. The van der Waals surface area contributed by atoms with Gasteiger partial charge in [-0.15, -0.1) is 0 Å². The van der Waals surface area contributed by atoms with Crippen LogP contribution in [0.2, 0.25) is 0 Å². The van der Waals surface area contributed by atoms with E-state index in [4.69, 9.17) is 4.74 Å². The van der Waals surface area contributed by atoms with E-state index in [0.717, 1.165) is 15.6 Å². The summed E-state index contributed by atoms with van der Waals surface area (Å²) in [6.45, 7) is 4.09. The van der Waals surface area contributed by atoms with Crippen molar-refractivity contribution in [1.82, 2.24) is 0 Å². The Bertz CT molecular complexity index is 544. The molecule has 2 aromatic carbocycles. The Kier molecular flexibility index (Phi) is 3.93. The molecule has 0 aliphatic rings. The summed E-state index contributed by atoms with van der Waals surface area (Å²) in [7, 11) is 0. The van der Waals surface area contributed by atoms with Gasteiger partial charge >= 0.3 is 0 Å². The van der Waals surface area contributed by atoms with Crippen molar-refractivity contribution in [2.24, 2.45) is 0 Å². The average Bonchev–Trinajstić information content (AvgIpc) is 2.27. The highest BCUT2D eigenvalue weighted by atomic mass is 79.9. The third-order valence-electron chi connectivity index (χ3n) is 2.76. The predicted octanol–water partition coefficient (Wildman–Crippen LogP) is 4.14. The van der Waals surface area contributed by atoms with E-state index in [1.54, 1.807) is 13.8 Å². The fourth-order valence-electron chi connectivity index (χ4n) is 1.70. The minimum absolute atomic E-state index is 0.519. The van der Waals surface area contributed by atoms with Gasteiger partial charge in [0.05, 0.1) is 12.2 Å². The van der Waals surface area contributed by atoms with Crippen LogP contribution in [0.3, 0.4) is 0 Å². The van der Waals surface area contributed by atoms with Crippen LogP contribution in [-0.4, -0.2) is 17.3 Å². The van der Waals surface area contributed by atoms with E-state index in [2.05, 4.69) is 28.1 Å². The molecule has 0 aromatic heterocycles. The number of rotatable bonds is 4. The highest BCUT2D eigenvalue weighted by molar-refractivity contribution is 9.10. The molecular weight excluding hydrogens is 292 g/mol. The maximum Gasteiger partial charge on any atom is 0.119 e. The summed E-state index contributed by atoms with van der Waals surface area (Å²) in [5.74, 6) is 0.842. The van der Waals surface area contributed by atoms with Crippen molar-refractivity contribution in [2.75, 3.05) is 6.61 Å². The number of hydrogen-bond donors (Lipinski definition) is 1. The van der Waals surface area contributed by atoms with E-state index < -0.39 is 5.60 Å². The second-order valence-corrected chi connectivity index (χ2v) is 5.98. The lowest BCUT2D eigenvalue weighted by Gasteiger charge is -2.17. The monoisotopic (exact) mass is 308 g/mol. The number of halogens is 1. The first-order valence-corrected chi connectivity index (χ1v) is 6.78. The van der Waals surface area contributed by atoms with Gasteiger partial charge in [0.2, 0.25) is 0 Å². The molecule has 96 valence electrons. The Balaban J connectivity index is 2.08. The molecule has 2 nitrogen and oxygen atoms in total. The molecule has 2 rings (SSSR count). The zero-order valence-electron chi connectivity index (χ0n) is 10.6. The number of hydrogen-bond acceptors (Lipinski definition) is 2. The second kappa shape index (κ2) is 5.29. The van der Waals surface area contributed by atoms with Gasteiger partial charge in [0.25, 0.3) is 0 Å². The summed E-state index contributed by atoms with van der Waals surface area (Å²) in [4.78, 5) is 0. The van der Waals surface area contributed by atoms with Gasteiger partial charge in [-0.3, -0.25) is 0 Å². The second-order valence-electron chi connectivity index (χ2n) is 5.06. The average molecular weight is 309 g/mol. The first-order valence-electron chi connectivity index (χ1n) is 5.99. The lowest BCUT2D eigenvalue weighted by atomic mass is 10.1. The summed E-state index contributed by atoms with van der Waals surface area (Å²) in [6.07, 6.45) is 0.616. The standard InChI is InChI=1S/C15H17BrO2/c1-15(2,17)7-8-18-14-6-4-11-9-13(16)5-3-12(11)10-14/h3-6,9-10,17H,7-8H2,1-2H3. The molecule has 0 heterocycles. The van der Waals surface area contributed by atoms with E-state index in [0.29, 0.717) is 13.0 Å². The quantitative estimate of drug-likeness (QED) is 0.919. The Morgan fingerprint density at radius 1 is 1.11 bits per heavy atom. The van der Waals surface area contributed by atoms with Crippen molar-refractivity contribution in [3.8, 4) is 5.75 Å². The molecule has 0 spiro atoms. The number of fused-ring (bicyclic) bond motifs is 1. The molecule has 3 heteroatoms. The molecule has 18 heavy (non-hydrogen) atoms. The van der Waals surface area contributed by atoms with Gasteiger partial charge in [-0.1, -0.05) is 28.1 Å². The van der Waals surface area contributed by atoms with Gasteiger partial charge in [0, 0.05) is 10.9 Å². The number of aliphatic hydroxyl groups is 1. The molecule has 0 bridgehead atoms. The molecule has 0 saturated carbocycles. The predicted molar refractivity (Wildman–Crippen MR) is 78.1 cm³/mol. The van der Waals surface area contributed by atoms with Crippen molar-refractivity contribution in [1.29, 1.82) is 0 Å². The van der Waals surface area contributed by atoms with Gasteiger partial charge in [-0.25, -0.2) is 0 Å². The topological polar surface area (TPSA) is 29.5 Å². The first-order chi connectivity index (χ1) is 8.44. The molecule has 0 saturated heterocycles. The fraction of sp³-hybridized carbons (Fsp3) is 0.333. The molecule has 0 unspecified atom stereocenters. The van der Waals surface area contributed by atoms with E-state index >= 15 is 0 Å². The molecule has 0 amide bonds. The SMILES string of the molecule is CC(C)(O)CCOc1ccc2cc(Br)ccc2c1. The largest absolute Gasteiger partial charge is 0.493 e. The molecule has 1 N–H and O–H groups in total. The highest BCUT2D eigenvalue weighted by Crippen LogP contribution is 2.24. The van der Waals surface area contributed by atoms with E-state index in [1.165, 1.54) is 5.39 Å². The summed E-state index contributed by atoms with van der Waals surface area (Å²) >= 11 is 3.46. The Hall–Kier alpha value is -1.06. The molecule has 0 fully saturated rings. The van der Waals surface area contributed by atoms with Crippen LogP contribution in [0.25, 0.3) is 10.8 Å². The summed E-state index contributed by atoms with van der Waals surface area (Å²) in [5, 5.41) is 11.9. The van der Waals surface area contributed by atoms with Crippen LogP contribution in [0, 0.1) is 0 Å². The maximum atomic E-state index is 9.61. The van der Waals surface area contributed by atoms with Crippen LogP contribution >= 0.6 is 15.9 Å². The number of ether oxygens (including phenoxy) is 1. The molecular formula is C15H17BrO2. The molecule has 0 aliphatic carbocycles. The van der Waals surface area contributed by atoms with E-state index in [1.807, 2.05) is 24.3 Å². The van der Waals surface area contributed by atoms with Gasteiger partial charge < -0.3 is 9.84 Å². The molecule has 0 atom stereocenters. The van der Waals surface area contributed by atoms with Crippen LogP contribution in [0.15, 0.2) is 40.9 Å². The molecule has 0 aliphatic heterocycles. The smallest absolute Gasteiger partial charge is 0.119 e. The van der Waals surface area contributed by atoms with Gasteiger partial charge in [-0.2, -0.15) is 0 Å². The van der Waals surface area contributed by atoms with Crippen molar-refractivity contribution in [3.63, 3.8) is 0 Å². The minimum Gasteiger partial charge on any atom is -0.493 e. The Labute approximate surface area is 116 Å². The van der Waals surface area contributed by atoms with Crippen LogP contribution in [0.5, 0.6) is 5.75 Å². The Morgan fingerprint density at radius 2 is 1.78 bits per heavy atom. The maximum absolute atomic E-state index is 9.61. The van der Waals surface area contributed by atoms with Crippen molar-refractivity contribution in [3.05, 3.63) is 40.9 Å². The van der Waals surface area contributed by atoms with Gasteiger partial charge in [0.1, 0.15) is 5.75 Å². The normalized spacial score (nSPS) is 11.8. The fourth-order valence-corrected chi connectivity index (χ4v) is 2.08. The number of benzene rings is 2. The zero-order chi connectivity index (χ0) is 13.2. The first kappa shape index (κ1) is 13.4.